The van der Waals surface area contributed by atoms with Crippen molar-refractivity contribution >= 4 is 23.2 Å². The number of ether oxygens (including phenoxy) is 1. The average Bonchev–Trinajstić information content (AvgIpc) is 3.22. The molecular formula is C20H17NO4. The molecule has 25 heavy (non-hydrogen) atoms. The third-order valence-electron chi connectivity index (χ3n) is 4.70. The second kappa shape index (κ2) is 5.84. The number of fused-ring (bicyclic) bond motifs is 2. The molecule has 126 valence electrons. The highest BCUT2D eigenvalue weighted by atomic mass is 16.5. The van der Waals surface area contributed by atoms with E-state index in [2.05, 4.69) is 4.99 Å². The molecule has 2 aromatic rings. The highest BCUT2D eigenvalue weighted by Crippen LogP contribution is 2.48. The summed E-state index contributed by atoms with van der Waals surface area (Å²) in [5.41, 5.74) is 3.20. The van der Waals surface area contributed by atoms with Crippen LogP contribution in [0.4, 0.5) is 0 Å². The van der Waals surface area contributed by atoms with Gasteiger partial charge in [0.2, 0.25) is 0 Å². The lowest BCUT2D eigenvalue weighted by atomic mass is 9.78. The van der Waals surface area contributed by atoms with Gasteiger partial charge < -0.3 is 9.15 Å². The lowest BCUT2D eigenvalue weighted by Gasteiger charge is -2.28. The molecule has 0 bridgehead atoms. The highest BCUT2D eigenvalue weighted by molar-refractivity contribution is 6.24. The molecule has 0 N–H and O–H groups in total. The fraction of sp³-hybridized carbons (Fsp3) is 0.250. The second-order valence-electron chi connectivity index (χ2n) is 6.11. The van der Waals surface area contributed by atoms with E-state index in [4.69, 9.17) is 9.15 Å². The monoisotopic (exact) mass is 335 g/mol. The maximum Gasteiger partial charge on any atom is 0.315 e. The van der Waals surface area contributed by atoms with Crippen molar-refractivity contribution in [1.29, 1.82) is 0 Å². The number of ketones is 1. The summed E-state index contributed by atoms with van der Waals surface area (Å²) in [7, 11) is 0. The molecule has 0 amide bonds. The molecular weight excluding hydrogens is 318 g/mol. The largest absolute Gasteiger partial charge is 0.469 e. The van der Waals surface area contributed by atoms with Crippen molar-refractivity contribution in [2.75, 3.05) is 6.61 Å². The predicted molar refractivity (Wildman–Crippen MR) is 92.4 cm³/mol. The first-order valence-electron chi connectivity index (χ1n) is 8.27. The molecule has 1 unspecified atom stereocenters. The Morgan fingerprint density at radius 1 is 1.20 bits per heavy atom. The van der Waals surface area contributed by atoms with Gasteiger partial charge in [-0.05, 0) is 26.0 Å². The lowest BCUT2D eigenvalue weighted by Crippen LogP contribution is -2.34. The number of furan rings is 1. The zero-order valence-corrected chi connectivity index (χ0v) is 14.0. The number of hydrogen-bond acceptors (Lipinski definition) is 5. The molecule has 2 heterocycles. The molecule has 4 rings (SSSR count). The van der Waals surface area contributed by atoms with Gasteiger partial charge in [-0.1, -0.05) is 24.3 Å². The average molecular weight is 335 g/mol. The lowest BCUT2D eigenvalue weighted by molar-refractivity contribution is -0.146. The summed E-state index contributed by atoms with van der Waals surface area (Å²) < 4.78 is 10.8. The summed E-state index contributed by atoms with van der Waals surface area (Å²) in [5.74, 6) is -1.11. The summed E-state index contributed by atoms with van der Waals surface area (Å²) in [6.45, 7) is 3.83. The van der Waals surface area contributed by atoms with Crippen LogP contribution in [0.3, 0.4) is 0 Å². The van der Waals surface area contributed by atoms with E-state index < -0.39 is 11.8 Å². The van der Waals surface area contributed by atoms with E-state index >= 15 is 0 Å². The van der Waals surface area contributed by atoms with Crippen molar-refractivity contribution in [2.45, 2.75) is 19.8 Å². The minimum Gasteiger partial charge on any atom is -0.469 e. The van der Waals surface area contributed by atoms with Crippen molar-refractivity contribution in [3.8, 4) is 0 Å². The number of rotatable bonds is 3. The van der Waals surface area contributed by atoms with Crippen LogP contribution in [0.5, 0.6) is 0 Å². The number of esters is 1. The smallest absolute Gasteiger partial charge is 0.315 e. The van der Waals surface area contributed by atoms with Crippen molar-refractivity contribution in [3.05, 3.63) is 65.1 Å². The van der Waals surface area contributed by atoms with E-state index in [-0.39, 0.29) is 18.4 Å². The number of nitrogens with zero attached hydrogens (tertiary/aromatic N) is 1. The van der Waals surface area contributed by atoms with Gasteiger partial charge in [-0.3, -0.25) is 14.6 Å². The molecule has 0 spiro atoms. The zero-order chi connectivity index (χ0) is 17.6. The minimum absolute atomic E-state index is 0.0995. The highest BCUT2D eigenvalue weighted by Gasteiger charge is 2.47. The van der Waals surface area contributed by atoms with E-state index in [9.17, 15) is 9.59 Å². The van der Waals surface area contributed by atoms with Crippen LogP contribution < -0.4 is 0 Å². The standard InChI is InChI=1S/C20H17NO4/c1-3-24-20(23)15-11(2)21-18-12-7-4-5-8-13(12)19(22)17(18)16(15)14-9-6-10-25-14/h4-10,15-16H,3H2,1-2H3/t15?,16-/m1/s1. The van der Waals surface area contributed by atoms with Crippen molar-refractivity contribution in [3.63, 3.8) is 0 Å². The predicted octanol–water partition coefficient (Wildman–Crippen LogP) is 3.62. The van der Waals surface area contributed by atoms with Crippen LogP contribution in [-0.2, 0) is 9.53 Å². The van der Waals surface area contributed by atoms with Gasteiger partial charge in [0.1, 0.15) is 11.7 Å². The van der Waals surface area contributed by atoms with Gasteiger partial charge in [-0.2, -0.15) is 0 Å². The Kier molecular flexibility index (Phi) is 3.64. The summed E-state index contributed by atoms with van der Waals surface area (Å²) in [5, 5.41) is 0. The summed E-state index contributed by atoms with van der Waals surface area (Å²) in [6, 6.07) is 10.9. The van der Waals surface area contributed by atoms with Gasteiger partial charge in [-0.15, -0.1) is 0 Å². The van der Waals surface area contributed by atoms with Gasteiger partial charge in [0.05, 0.1) is 24.5 Å². The third-order valence-corrected chi connectivity index (χ3v) is 4.70. The Labute approximate surface area is 145 Å². The Balaban J connectivity index is 1.91. The van der Waals surface area contributed by atoms with E-state index in [0.717, 1.165) is 5.56 Å². The molecule has 5 heteroatoms. The Bertz CT molecular complexity index is 921. The Morgan fingerprint density at radius 3 is 2.64 bits per heavy atom. The van der Waals surface area contributed by atoms with Gasteiger partial charge >= 0.3 is 5.97 Å². The molecule has 0 saturated carbocycles. The van der Waals surface area contributed by atoms with Gasteiger partial charge in [0.25, 0.3) is 0 Å². The van der Waals surface area contributed by atoms with Gasteiger partial charge in [0, 0.05) is 22.4 Å². The molecule has 1 aromatic heterocycles. The van der Waals surface area contributed by atoms with E-state index in [1.54, 1.807) is 38.3 Å². The number of Topliss-reactive ketones (excluding diaryl/α,β-unsaturated/α-hetero) is 1. The topological polar surface area (TPSA) is 68.9 Å². The fourth-order valence-corrected chi connectivity index (χ4v) is 3.66. The maximum atomic E-state index is 13.0. The van der Waals surface area contributed by atoms with Crippen LogP contribution >= 0.6 is 0 Å². The summed E-state index contributed by atoms with van der Waals surface area (Å²) in [4.78, 5) is 30.3. The number of allylic oxidation sites excluding steroid dienone is 1. The molecule has 0 fully saturated rings. The van der Waals surface area contributed by atoms with Crippen LogP contribution in [-0.4, -0.2) is 24.1 Å². The fourth-order valence-electron chi connectivity index (χ4n) is 3.66. The zero-order valence-electron chi connectivity index (χ0n) is 14.0. The number of carbonyl (C=O) groups is 2. The van der Waals surface area contributed by atoms with Crippen LogP contribution in [0, 0.1) is 5.92 Å². The van der Waals surface area contributed by atoms with Crippen molar-refractivity contribution in [1.82, 2.24) is 0 Å². The molecule has 1 aromatic carbocycles. The first kappa shape index (κ1) is 15.6. The van der Waals surface area contributed by atoms with Gasteiger partial charge in [-0.25, -0.2) is 0 Å². The molecule has 5 nitrogen and oxygen atoms in total. The van der Waals surface area contributed by atoms with Crippen molar-refractivity contribution < 1.29 is 18.7 Å². The number of benzene rings is 1. The SMILES string of the molecule is CCOC(=O)C1C(C)=NC2=C(C(=O)c3ccccc32)[C@@H]1c1ccco1. The minimum atomic E-state index is -0.664. The molecule has 0 saturated heterocycles. The molecule has 1 aliphatic carbocycles. The quantitative estimate of drug-likeness (QED) is 0.803. The summed E-state index contributed by atoms with van der Waals surface area (Å²) >= 11 is 0. The van der Waals surface area contributed by atoms with Gasteiger partial charge in [0.15, 0.2) is 5.78 Å². The summed E-state index contributed by atoms with van der Waals surface area (Å²) in [6.07, 6.45) is 1.55. The number of carbonyl (C=O) groups excluding carboxylic acids is 2. The van der Waals surface area contributed by atoms with Crippen LogP contribution in [0.2, 0.25) is 0 Å². The van der Waals surface area contributed by atoms with E-state index in [1.165, 1.54) is 0 Å². The number of hydrogen-bond donors (Lipinski definition) is 0. The first-order chi connectivity index (χ1) is 12.1. The molecule has 0 radical (unpaired) electrons. The molecule has 1 aliphatic heterocycles. The van der Waals surface area contributed by atoms with Crippen LogP contribution in [0.1, 0.15) is 41.4 Å². The van der Waals surface area contributed by atoms with E-state index in [1.807, 2.05) is 18.2 Å². The second-order valence-corrected chi connectivity index (χ2v) is 6.11. The maximum absolute atomic E-state index is 13.0. The van der Waals surface area contributed by atoms with Crippen LogP contribution in [0.25, 0.3) is 5.70 Å². The normalized spacial score (nSPS) is 21.7. The first-order valence-corrected chi connectivity index (χ1v) is 8.27. The number of aliphatic imine (C=N–C) groups is 1. The molecule has 2 atom stereocenters. The van der Waals surface area contributed by atoms with Crippen LogP contribution in [0.15, 0.2) is 57.6 Å². The molecule has 2 aliphatic rings. The third kappa shape index (κ3) is 2.27. The van der Waals surface area contributed by atoms with E-state index in [0.29, 0.717) is 28.3 Å². The Hall–Kier alpha value is -2.95. The van der Waals surface area contributed by atoms with Crippen molar-refractivity contribution in [2.24, 2.45) is 10.9 Å². The Morgan fingerprint density at radius 2 is 1.96 bits per heavy atom.